The third kappa shape index (κ3) is 3.07. The average molecular weight is 233 g/mol. The lowest BCUT2D eigenvalue weighted by molar-refractivity contribution is -0.111. The van der Waals surface area contributed by atoms with Crippen LogP contribution in [0, 0.1) is 12.3 Å². The third-order valence-electron chi connectivity index (χ3n) is 1.82. The minimum atomic E-state index is -1.30. The lowest BCUT2D eigenvalue weighted by Gasteiger charge is -2.04. The van der Waals surface area contributed by atoms with Crippen molar-refractivity contribution >= 4 is 23.5 Å². The quantitative estimate of drug-likeness (QED) is 0.665. The summed E-state index contributed by atoms with van der Waals surface area (Å²) in [5.74, 6) is -1.63. The van der Waals surface area contributed by atoms with Crippen LogP contribution in [-0.2, 0) is 4.79 Å². The van der Waals surface area contributed by atoms with Gasteiger partial charge in [0.05, 0.1) is 11.1 Å². The molecule has 0 saturated carbocycles. The fourth-order valence-corrected chi connectivity index (χ4v) is 1.11. The molecule has 17 heavy (non-hydrogen) atoms. The fraction of sp³-hybridized carbons (Fsp3) is 0. The molecule has 0 atom stereocenters. The first-order chi connectivity index (χ1) is 7.93. The molecule has 0 spiro atoms. The van der Waals surface area contributed by atoms with E-state index in [0.29, 0.717) is 0 Å². The average Bonchev–Trinajstić information content (AvgIpc) is 2.28. The van der Waals surface area contributed by atoms with Gasteiger partial charge in [-0.3, -0.25) is 4.79 Å². The van der Waals surface area contributed by atoms with Gasteiger partial charge < -0.3 is 15.5 Å². The van der Waals surface area contributed by atoms with Gasteiger partial charge in [-0.25, -0.2) is 9.59 Å². The van der Waals surface area contributed by atoms with E-state index in [1.807, 2.05) is 0 Å². The van der Waals surface area contributed by atoms with Crippen molar-refractivity contribution in [3.63, 3.8) is 0 Å². The Morgan fingerprint density at radius 3 is 1.88 bits per heavy atom. The maximum absolute atomic E-state index is 10.9. The highest BCUT2D eigenvalue weighted by molar-refractivity contribution is 6.05. The second kappa shape index (κ2) is 4.81. The van der Waals surface area contributed by atoms with E-state index >= 15 is 0 Å². The molecule has 0 radical (unpaired) electrons. The molecule has 3 N–H and O–H groups in total. The minimum absolute atomic E-state index is 0.0188. The summed E-state index contributed by atoms with van der Waals surface area (Å²) < 4.78 is 0. The number of anilines is 1. The lowest BCUT2D eigenvalue weighted by Crippen LogP contribution is -2.11. The van der Waals surface area contributed by atoms with Gasteiger partial charge in [0, 0.05) is 5.69 Å². The van der Waals surface area contributed by atoms with Crippen LogP contribution in [0.3, 0.4) is 0 Å². The summed E-state index contributed by atoms with van der Waals surface area (Å²) in [5, 5.41) is 19.7. The number of benzene rings is 1. The van der Waals surface area contributed by atoms with Crippen LogP contribution in [0.15, 0.2) is 18.2 Å². The predicted molar refractivity (Wildman–Crippen MR) is 57.8 cm³/mol. The molecule has 0 bridgehead atoms. The van der Waals surface area contributed by atoms with Crippen molar-refractivity contribution in [1.82, 2.24) is 0 Å². The molecule has 0 fully saturated rings. The number of carbonyl (C=O) groups excluding carboxylic acids is 1. The maximum Gasteiger partial charge on any atom is 0.335 e. The van der Waals surface area contributed by atoms with Crippen molar-refractivity contribution in [3.05, 3.63) is 29.3 Å². The van der Waals surface area contributed by atoms with Crippen molar-refractivity contribution in [3.8, 4) is 12.3 Å². The number of carbonyl (C=O) groups is 3. The van der Waals surface area contributed by atoms with E-state index < -0.39 is 17.8 Å². The number of nitrogens with one attached hydrogen (secondary N) is 1. The first-order valence-corrected chi connectivity index (χ1v) is 4.33. The molecule has 0 aliphatic heterocycles. The van der Waals surface area contributed by atoms with Gasteiger partial charge in [0.25, 0.3) is 5.91 Å². The molecule has 6 heteroatoms. The molecule has 1 aromatic rings. The highest BCUT2D eigenvalue weighted by atomic mass is 16.4. The van der Waals surface area contributed by atoms with E-state index in [2.05, 4.69) is 5.32 Å². The summed E-state index contributed by atoms with van der Waals surface area (Å²) >= 11 is 0. The number of terminal acetylenes is 1. The first-order valence-electron chi connectivity index (χ1n) is 4.33. The van der Waals surface area contributed by atoms with Crippen LogP contribution >= 0.6 is 0 Å². The van der Waals surface area contributed by atoms with Crippen LogP contribution in [-0.4, -0.2) is 28.1 Å². The smallest absolute Gasteiger partial charge is 0.335 e. The predicted octanol–water partition coefficient (Wildman–Crippen LogP) is 0.655. The van der Waals surface area contributed by atoms with E-state index in [4.69, 9.17) is 16.6 Å². The molecule has 0 saturated heterocycles. The molecule has 0 aliphatic carbocycles. The zero-order valence-electron chi connectivity index (χ0n) is 8.43. The molecule has 86 valence electrons. The molecule has 1 rings (SSSR count). The Labute approximate surface area is 95.9 Å². The normalized spacial score (nSPS) is 9.12. The Balaban J connectivity index is 3.22. The molecule has 0 aliphatic rings. The van der Waals surface area contributed by atoms with Crippen molar-refractivity contribution in [2.75, 3.05) is 5.32 Å². The van der Waals surface area contributed by atoms with Crippen molar-refractivity contribution in [2.45, 2.75) is 0 Å². The molecule has 1 amide bonds. The van der Waals surface area contributed by atoms with E-state index in [-0.39, 0.29) is 16.8 Å². The van der Waals surface area contributed by atoms with Crippen LogP contribution in [0.2, 0.25) is 0 Å². The summed E-state index contributed by atoms with van der Waals surface area (Å²) in [6.07, 6.45) is 4.82. The summed E-state index contributed by atoms with van der Waals surface area (Å²) in [4.78, 5) is 32.4. The van der Waals surface area contributed by atoms with Gasteiger partial charge >= 0.3 is 11.9 Å². The molecule has 1 aromatic carbocycles. The topological polar surface area (TPSA) is 104 Å². The second-order valence-corrected chi connectivity index (χ2v) is 3.01. The van der Waals surface area contributed by atoms with Crippen molar-refractivity contribution in [2.24, 2.45) is 0 Å². The van der Waals surface area contributed by atoms with Gasteiger partial charge in [-0.15, -0.1) is 6.42 Å². The largest absolute Gasteiger partial charge is 0.478 e. The van der Waals surface area contributed by atoms with Gasteiger partial charge in [-0.2, -0.15) is 0 Å². The highest BCUT2D eigenvalue weighted by Gasteiger charge is 2.12. The number of hydrogen-bond acceptors (Lipinski definition) is 3. The Morgan fingerprint density at radius 2 is 1.53 bits per heavy atom. The SMILES string of the molecule is C#CC(=O)Nc1cc(C(=O)O)cc(C(=O)O)c1. The summed E-state index contributed by atoms with van der Waals surface area (Å²) in [7, 11) is 0. The summed E-state index contributed by atoms with van der Waals surface area (Å²) in [6, 6.07) is 3.21. The standard InChI is InChI=1S/C11H7NO5/c1-2-9(13)12-8-4-6(10(14)15)3-7(5-8)11(16)17/h1,3-5H,(H,12,13)(H,14,15)(H,16,17). The van der Waals surface area contributed by atoms with Crippen LogP contribution in [0.1, 0.15) is 20.7 Å². The molecule has 0 heterocycles. The zero-order chi connectivity index (χ0) is 13.0. The number of aromatic carboxylic acids is 2. The molecule has 6 nitrogen and oxygen atoms in total. The van der Waals surface area contributed by atoms with Crippen LogP contribution < -0.4 is 5.32 Å². The molecular weight excluding hydrogens is 226 g/mol. The van der Waals surface area contributed by atoms with Gasteiger partial charge in [0.15, 0.2) is 0 Å². The Morgan fingerprint density at radius 1 is 1.06 bits per heavy atom. The summed E-state index contributed by atoms with van der Waals surface area (Å²) in [5.41, 5.74) is -0.486. The highest BCUT2D eigenvalue weighted by Crippen LogP contribution is 2.15. The lowest BCUT2D eigenvalue weighted by atomic mass is 10.1. The number of amides is 1. The van der Waals surface area contributed by atoms with Gasteiger partial charge in [0.1, 0.15) is 0 Å². The van der Waals surface area contributed by atoms with E-state index in [1.165, 1.54) is 0 Å². The van der Waals surface area contributed by atoms with Crippen LogP contribution in [0.4, 0.5) is 5.69 Å². The fourth-order valence-electron chi connectivity index (χ4n) is 1.11. The molecular formula is C11H7NO5. The van der Waals surface area contributed by atoms with E-state index in [1.54, 1.807) is 5.92 Å². The number of carboxylic acid groups (broad SMARTS) is 2. The van der Waals surface area contributed by atoms with Crippen molar-refractivity contribution < 1.29 is 24.6 Å². The van der Waals surface area contributed by atoms with Gasteiger partial charge in [0.2, 0.25) is 0 Å². The first kappa shape index (κ1) is 12.3. The molecule has 0 aromatic heterocycles. The summed E-state index contributed by atoms with van der Waals surface area (Å²) in [6.45, 7) is 0. The Hall–Kier alpha value is -2.81. The third-order valence-corrected chi connectivity index (χ3v) is 1.82. The van der Waals surface area contributed by atoms with Crippen LogP contribution in [0.25, 0.3) is 0 Å². The second-order valence-electron chi connectivity index (χ2n) is 3.01. The van der Waals surface area contributed by atoms with E-state index in [0.717, 1.165) is 18.2 Å². The molecule has 0 unspecified atom stereocenters. The van der Waals surface area contributed by atoms with Crippen molar-refractivity contribution in [1.29, 1.82) is 0 Å². The van der Waals surface area contributed by atoms with Gasteiger partial charge in [-0.1, -0.05) is 0 Å². The van der Waals surface area contributed by atoms with E-state index in [9.17, 15) is 14.4 Å². The number of rotatable bonds is 3. The Bertz CT molecular complexity index is 509. The number of carboxylic acids is 2. The van der Waals surface area contributed by atoms with Gasteiger partial charge in [-0.05, 0) is 24.1 Å². The monoisotopic (exact) mass is 233 g/mol. The zero-order valence-corrected chi connectivity index (χ0v) is 8.43. The Kier molecular flexibility index (Phi) is 3.47. The van der Waals surface area contributed by atoms with Crippen LogP contribution in [0.5, 0.6) is 0 Å². The minimum Gasteiger partial charge on any atom is -0.478 e. The maximum atomic E-state index is 10.9. The number of hydrogen-bond donors (Lipinski definition) is 3.